The summed E-state index contributed by atoms with van der Waals surface area (Å²) in [5.74, 6) is -0.341. The molecular formula is C21H28N2O3S. The van der Waals surface area contributed by atoms with Crippen molar-refractivity contribution in [1.82, 2.24) is 5.32 Å². The third kappa shape index (κ3) is 5.10. The predicted molar refractivity (Wildman–Crippen MR) is 111 cm³/mol. The summed E-state index contributed by atoms with van der Waals surface area (Å²) in [6, 6.07) is 11.3. The molecule has 6 heteroatoms. The van der Waals surface area contributed by atoms with Crippen LogP contribution >= 0.6 is 0 Å². The molecule has 2 aromatic carbocycles. The zero-order chi connectivity index (χ0) is 20.4. The maximum Gasteiger partial charge on any atom is 0.241 e. The van der Waals surface area contributed by atoms with Crippen molar-refractivity contribution in [3.8, 4) is 0 Å². The summed E-state index contributed by atoms with van der Waals surface area (Å²) in [6.07, 6.45) is 1.12. The van der Waals surface area contributed by atoms with Gasteiger partial charge in [-0.15, -0.1) is 0 Å². The first-order chi connectivity index (χ1) is 12.5. The van der Waals surface area contributed by atoms with E-state index in [0.717, 1.165) is 32.8 Å². The van der Waals surface area contributed by atoms with Crippen LogP contribution in [0, 0.1) is 27.7 Å². The SMILES string of the molecule is Cc1ccc([C@@H](C)NC(=O)CN(c2cccc(C)c2C)S(C)(=O)=O)cc1C. The highest BCUT2D eigenvalue weighted by Gasteiger charge is 2.23. The molecule has 2 rings (SSSR count). The molecule has 0 aliphatic carbocycles. The van der Waals surface area contributed by atoms with Gasteiger partial charge in [0.25, 0.3) is 0 Å². The molecule has 1 N–H and O–H groups in total. The second-order valence-electron chi connectivity index (χ2n) is 7.12. The van der Waals surface area contributed by atoms with Gasteiger partial charge in [-0.25, -0.2) is 8.42 Å². The molecule has 27 heavy (non-hydrogen) atoms. The van der Waals surface area contributed by atoms with E-state index in [-0.39, 0.29) is 18.5 Å². The lowest BCUT2D eigenvalue weighted by molar-refractivity contribution is -0.120. The molecular weight excluding hydrogens is 360 g/mol. The van der Waals surface area contributed by atoms with E-state index in [1.807, 2.05) is 58.9 Å². The third-order valence-corrected chi connectivity index (χ3v) is 6.07. The minimum Gasteiger partial charge on any atom is -0.348 e. The molecule has 0 heterocycles. The normalized spacial score (nSPS) is 12.5. The number of carbonyl (C=O) groups excluding carboxylic acids is 1. The van der Waals surface area contributed by atoms with Gasteiger partial charge in [0, 0.05) is 0 Å². The molecule has 0 saturated carbocycles. The van der Waals surface area contributed by atoms with Crippen molar-refractivity contribution in [3.05, 3.63) is 64.2 Å². The molecule has 0 unspecified atom stereocenters. The summed E-state index contributed by atoms with van der Waals surface area (Å²) < 4.78 is 25.8. The monoisotopic (exact) mass is 388 g/mol. The number of benzene rings is 2. The average Bonchev–Trinajstić information content (AvgIpc) is 2.57. The zero-order valence-corrected chi connectivity index (χ0v) is 17.6. The van der Waals surface area contributed by atoms with Crippen molar-refractivity contribution in [3.63, 3.8) is 0 Å². The molecule has 5 nitrogen and oxygen atoms in total. The van der Waals surface area contributed by atoms with Crippen LogP contribution in [0.15, 0.2) is 36.4 Å². The number of sulfonamides is 1. The Morgan fingerprint density at radius 3 is 2.30 bits per heavy atom. The Bertz CT molecular complexity index is 952. The Labute approximate surface area is 162 Å². The molecule has 146 valence electrons. The van der Waals surface area contributed by atoms with Crippen LogP contribution in [0.5, 0.6) is 0 Å². The van der Waals surface area contributed by atoms with Gasteiger partial charge in [0.1, 0.15) is 6.54 Å². The van der Waals surface area contributed by atoms with E-state index in [1.54, 1.807) is 12.1 Å². The Kier molecular flexibility index (Phi) is 6.31. The van der Waals surface area contributed by atoms with Crippen molar-refractivity contribution in [2.45, 2.75) is 40.7 Å². The van der Waals surface area contributed by atoms with Crippen molar-refractivity contribution >= 4 is 21.6 Å². The molecule has 0 saturated heterocycles. The topological polar surface area (TPSA) is 66.5 Å². The molecule has 1 atom stereocenters. The minimum absolute atomic E-state index is 0.211. The molecule has 0 fully saturated rings. The number of rotatable bonds is 6. The van der Waals surface area contributed by atoms with Crippen LogP contribution in [-0.4, -0.2) is 27.1 Å². The third-order valence-electron chi connectivity index (χ3n) is 4.94. The lowest BCUT2D eigenvalue weighted by Crippen LogP contribution is -2.41. The molecule has 0 spiro atoms. The number of nitrogens with zero attached hydrogens (tertiary/aromatic N) is 1. The lowest BCUT2D eigenvalue weighted by Gasteiger charge is -2.25. The van der Waals surface area contributed by atoms with Crippen LogP contribution in [0.3, 0.4) is 0 Å². The van der Waals surface area contributed by atoms with Gasteiger partial charge in [0.15, 0.2) is 0 Å². The highest BCUT2D eigenvalue weighted by molar-refractivity contribution is 7.92. The van der Waals surface area contributed by atoms with Crippen molar-refractivity contribution in [2.24, 2.45) is 0 Å². The van der Waals surface area contributed by atoms with Crippen LogP contribution in [0.1, 0.15) is 40.8 Å². The molecule has 0 bridgehead atoms. The maximum atomic E-state index is 12.6. The number of nitrogens with one attached hydrogen (secondary N) is 1. The lowest BCUT2D eigenvalue weighted by atomic mass is 10.0. The zero-order valence-electron chi connectivity index (χ0n) is 16.8. The van der Waals surface area contributed by atoms with E-state index >= 15 is 0 Å². The number of carbonyl (C=O) groups is 1. The van der Waals surface area contributed by atoms with E-state index in [9.17, 15) is 13.2 Å². The van der Waals surface area contributed by atoms with Crippen LogP contribution in [0.2, 0.25) is 0 Å². The molecule has 0 aromatic heterocycles. The number of anilines is 1. The summed E-state index contributed by atoms with van der Waals surface area (Å²) in [5.41, 5.74) is 5.69. The standard InChI is InChI=1S/C21H28N2O3S/c1-14-10-11-19(12-16(14)3)18(5)22-21(24)13-23(27(6,25)26)20-9-7-8-15(2)17(20)4/h7-12,18H,13H2,1-6H3,(H,22,24)/t18-/m1/s1. The van der Waals surface area contributed by atoms with Crippen LogP contribution in [0.4, 0.5) is 5.69 Å². The van der Waals surface area contributed by atoms with Crippen molar-refractivity contribution < 1.29 is 13.2 Å². The largest absolute Gasteiger partial charge is 0.348 e. The first kappa shape index (κ1) is 21.0. The van der Waals surface area contributed by atoms with E-state index in [2.05, 4.69) is 5.32 Å². The number of hydrogen-bond donors (Lipinski definition) is 1. The summed E-state index contributed by atoms with van der Waals surface area (Å²) >= 11 is 0. The maximum absolute atomic E-state index is 12.6. The molecule has 0 radical (unpaired) electrons. The average molecular weight is 389 g/mol. The van der Waals surface area contributed by atoms with Crippen LogP contribution < -0.4 is 9.62 Å². The second kappa shape index (κ2) is 8.13. The van der Waals surface area contributed by atoms with E-state index in [0.29, 0.717) is 5.69 Å². The summed E-state index contributed by atoms with van der Waals surface area (Å²) in [7, 11) is -3.59. The second-order valence-corrected chi connectivity index (χ2v) is 9.03. The van der Waals surface area contributed by atoms with E-state index in [4.69, 9.17) is 0 Å². The van der Waals surface area contributed by atoms with Crippen LogP contribution in [-0.2, 0) is 14.8 Å². The van der Waals surface area contributed by atoms with E-state index < -0.39 is 10.0 Å². The first-order valence-corrected chi connectivity index (χ1v) is 10.8. The molecule has 2 aromatic rings. The van der Waals surface area contributed by atoms with Gasteiger partial charge in [0.05, 0.1) is 18.0 Å². The summed E-state index contributed by atoms with van der Waals surface area (Å²) in [5, 5.41) is 2.90. The minimum atomic E-state index is -3.59. The summed E-state index contributed by atoms with van der Waals surface area (Å²) in [6.45, 7) is 9.48. The van der Waals surface area contributed by atoms with Gasteiger partial charge in [0.2, 0.25) is 15.9 Å². The Morgan fingerprint density at radius 1 is 1.04 bits per heavy atom. The fraction of sp³-hybridized carbons (Fsp3) is 0.381. The Hall–Kier alpha value is -2.34. The smallest absolute Gasteiger partial charge is 0.241 e. The van der Waals surface area contributed by atoms with Gasteiger partial charge in [-0.3, -0.25) is 9.10 Å². The fourth-order valence-electron chi connectivity index (χ4n) is 2.92. The van der Waals surface area contributed by atoms with Crippen molar-refractivity contribution in [1.29, 1.82) is 0 Å². The predicted octanol–water partition coefficient (Wildman–Crippen LogP) is 3.56. The van der Waals surface area contributed by atoms with Gasteiger partial charge >= 0.3 is 0 Å². The molecule has 0 aliphatic heterocycles. The highest BCUT2D eigenvalue weighted by atomic mass is 32.2. The van der Waals surface area contributed by atoms with Crippen molar-refractivity contribution in [2.75, 3.05) is 17.1 Å². The van der Waals surface area contributed by atoms with Gasteiger partial charge < -0.3 is 5.32 Å². The fourth-order valence-corrected chi connectivity index (χ4v) is 3.83. The number of hydrogen-bond acceptors (Lipinski definition) is 3. The quantitative estimate of drug-likeness (QED) is 0.823. The Morgan fingerprint density at radius 2 is 1.70 bits per heavy atom. The summed E-state index contributed by atoms with van der Waals surface area (Å²) in [4.78, 5) is 12.6. The number of amides is 1. The van der Waals surface area contributed by atoms with E-state index in [1.165, 1.54) is 5.56 Å². The van der Waals surface area contributed by atoms with Gasteiger partial charge in [-0.2, -0.15) is 0 Å². The van der Waals surface area contributed by atoms with Crippen LogP contribution in [0.25, 0.3) is 0 Å². The van der Waals surface area contributed by atoms with Gasteiger partial charge in [-0.05, 0) is 68.5 Å². The molecule has 0 aliphatic rings. The highest BCUT2D eigenvalue weighted by Crippen LogP contribution is 2.25. The Balaban J connectivity index is 2.21. The number of aryl methyl sites for hydroxylation is 3. The first-order valence-electron chi connectivity index (χ1n) is 8.91. The van der Waals surface area contributed by atoms with Gasteiger partial charge in [-0.1, -0.05) is 30.3 Å². The molecule has 1 amide bonds.